The Morgan fingerprint density at radius 1 is 1.19 bits per heavy atom. The van der Waals surface area contributed by atoms with Crippen LogP contribution in [0.25, 0.3) is 0 Å². The van der Waals surface area contributed by atoms with Crippen LogP contribution in [0.3, 0.4) is 0 Å². The van der Waals surface area contributed by atoms with Crippen molar-refractivity contribution in [3.63, 3.8) is 0 Å². The molecule has 5 heteroatoms. The lowest BCUT2D eigenvalue weighted by Crippen LogP contribution is -2.02. The van der Waals surface area contributed by atoms with E-state index in [0.29, 0.717) is 24.7 Å². The number of nitrogens with zero attached hydrogens (tertiary/aromatic N) is 1. The first kappa shape index (κ1) is 15.6. The molecule has 0 saturated heterocycles. The smallest absolute Gasteiger partial charge is 0.175 e. The highest BCUT2D eigenvalue weighted by Crippen LogP contribution is 2.34. The summed E-state index contributed by atoms with van der Waals surface area (Å²) in [6, 6.07) is 13.6. The fourth-order valence-corrected chi connectivity index (χ4v) is 2.64. The lowest BCUT2D eigenvalue weighted by atomic mass is 10.2. The Morgan fingerprint density at radius 2 is 1.95 bits per heavy atom. The second-order valence-corrected chi connectivity index (χ2v) is 5.44. The summed E-state index contributed by atoms with van der Waals surface area (Å²) in [5, 5.41) is 11.7. The van der Waals surface area contributed by atoms with Gasteiger partial charge in [-0.25, -0.2) is 0 Å². The molecule has 0 aromatic heterocycles. The van der Waals surface area contributed by atoms with Gasteiger partial charge in [0.05, 0.1) is 16.4 Å². The van der Waals surface area contributed by atoms with E-state index in [1.807, 2.05) is 43.3 Å². The van der Waals surface area contributed by atoms with Crippen LogP contribution in [0.15, 0.2) is 47.6 Å². The molecule has 0 amide bonds. The second-order valence-electron chi connectivity index (χ2n) is 4.28. The molecular weight excluding hydrogens is 381 g/mol. The topological polar surface area (TPSA) is 51.0 Å². The van der Waals surface area contributed by atoms with Gasteiger partial charge in [-0.15, -0.1) is 0 Å². The molecule has 0 saturated carbocycles. The Bertz CT molecular complexity index is 614. The van der Waals surface area contributed by atoms with Gasteiger partial charge in [0.15, 0.2) is 11.5 Å². The number of ether oxygens (including phenoxy) is 2. The molecule has 0 radical (unpaired) electrons. The van der Waals surface area contributed by atoms with Crippen molar-refractivity contribution in [2.45, 2.75) is 13.5 Å². The van der Waals surface area contributed by atoms with Crippen LogP contribution in [-0.4, -0.2) is 18.0 Å². The first-order valence-electron chi connectivity index (χ1n) is 6.55. The highest BCUT2D eigenvalue weighted by Gasteiger charge is 2.12. The standard InChI is InChI=1S/C16H16INO3/c1-2-20-15-9-13(10-18-19)8-14(17)16(15)21-11-12-6-4-3-5-7-12/h3-10,19H,2,11H2,1H3/b18-10+. The minimum Gasteiger partial charge on any atom is -0.490 e. The molecule has 0 bridgehead atoms. The third-order valence-corrected chi connectivity index (χ3v) is 3.57. The van der Waals surface area contributed by atoms with Gasteiger partial charge in [0.25, 0.3) is 0 Å². The summed E-state index contributed by atoms with van der Waals surface area (Å²) in [4.78, 5) is 0. The first-order valence-corrected chi connectivity index (χ1v) is 7.63. The van der Waals surface area contributed by atoms with E-state index < -0.39 is 0 Å². The monoisotopic (exact) mass is 397 g/mol. The molecule has 0 unspecified atom stereocenters. The van der Waals surface area contributed by atoms with Gasteiger partial charge in [-0.3, -0.25) is 0 Å². The molecule has 110 valence electrons. The second kappa shape index (κ2) is 7.87. The molecule has 0 spiro atoms. The predicted molar refractivity (Wildman–Crippen MR) is 90.5 cm³/mol. The molecule has 0 heterocycles. The average molecular weight is 397 g/mol. The van der Waals surface area contributed by atoms with Crippen LogP contribution in [0.2, 0.25) is 0 Å². The SMILES string of the molecule is CCOc1cc(/C=N/O)cc(I)c1OCc1ccccc1. The summed E-state index contributed by atoms with van der Waals surface area (Å²) in [6.07, 6.45) is 1.37. The summed E-state index contributed by atoms with van der Waals surface area (Å²) in [7, 11) is 0. The van der Waals surface area contributed by atoms with Crippen molar-refractivity contribution in [2.75, 3.05) is 6.61 Å². The van der Waals surface area contributed by atoms with Gasteiger partial charge in [0.2, 0.25) is 0 Å². The van der Waals surface area contributed by atoms with Gasteiger partial charge < -0.3 is 14.7 Å². The average Bonchev–Trinajstić information content (AvgIpc) is 2.48. The van der Waals surface area contributed by atoms with Crippen LogP contribution in [0, 0.1) is 3.57 Å². The van der Waals surface area contributed by atoms with Gasteiger partial charge in [-0.05, 0) is 47.2 Å². The molecule has 0 aliphatic heterocycles. The molecule has 2 aromatic carbocycles. The Balaban J connectivity index is 2.24. The number of hydrogen-bond acceptors (Lipinski definition) is 4. The maximum Gasteiger partial charge on any atom is 0.175 e. The van der Waals surface area contributed by atoms with Crippen LogP contribution < -0.4 is 9.47 Å². The number of oxime groups is 1. The number of hydrogen-bond donors (Lipinski definition) is 1. The van der Waals surface area contributed by atoms with E-state index in [-0.39, 0.29) is 0 Å². The van der Waals surface area contributed by atoms with E-state index in [9.17, 15) is 0 Å². The van der Waals surface area contributed by atoms with Crippen molar-refractivity contribution in [3.05, 3.63) is 57.2 Å². The van der Waals surface area contributed by atoms with E-state index in [2.05, 4.69) is 27.7 Å². The molecule has 0 aliphatic rings. The zero-order valence-electron chi connectivity index (χ0n) is 11.6. The molecule has 0 aliphatic carbocycles. The Kier molecular flexibility index (Phi) is 5.86. The maximum atomic E-state index is 8.65. The van der Waals surface area contributed by atoms with Crippen LogP contribution in [0.5, 0.6) is 11.5 Å². The van der Waals surface area contributed by atoms with Gasteiger partial charge in [-0.1, -0.05) is 35.5 Å². The van der Waals surface area contributed by atoms with Crippen molar-refractivity contribution < 1.29 is 14.7 Å². The summed E-state index contributed by atoms with van der Waals surface area (Å²) >= 11 is 2.19. The molecule has 21 heavy (non-hydrogen) atoms. The van der Waals surface area contributed by atoms with E-state index in [1.165, 1.54) is 6.21 Å². The fourth-order valence-electron chi connectivity index (χ4n) is 1.86. The maximum absolute atomic E-state index is 8.65. The van der Waals surface area contributed by atoms with Gasteiger partial charge >= 0.3 is 0 Å². The molecule has 0 atom stereocenters. The molecular formula is C16H16INO3. The number of rotatable bonds is 6. The minimum absolute atomic E-state index is 0.477. The van der Waals surface area contributed by atoms with Crippen LogP contribution in [0.4, 0.5) is 0 Å². The van der Waals surface area contributed by atoms with E-state index >= 15 is 0 Å². The quantitative estimate of drug-likeness (QED) is 0.346. The summed E-state index contributed by atoms with van der Waals surface area (Å²) in [6.45, 7) is 2.93. The van der Waals surface area contributed by atoms with Crippen molar-refractivity contribution in [2.24, 2.45) is 5.16 Å². The summed E-state index contributed by atoms with van der Waals surface area (Å²) < 4.78 is 12.4. The van der Waals surface area contributed by atoms with Gasteiger partial charge in [0, 0.05) is 5.56 Å². The van der Waals surface area contributed by atoms with Crippen molar-refractivity contribution >= 4 is 28.8 Å². The highest BCUT2D eigenvalue weighted by molar-refractivity contribution is 14.1. The van der Waals surface area contributed by atoms with Crippen LogP contribution in [-0.2, 0) is 6.61 Å². The molecule has 2 aromatic rings. The first-order chi connectivity index (χ1) is 10.2. The van der Waals surface area contributed by atoms with E-state index in [0.717, 1.165) is 14.7 Å². The zero-order chi connectivity index (χ0) is 15.1. The minimum atomic E-state index is 0.477. The van der Waals surface area contributed by atoms with Crippen LogP contribution in [0.1, 0.15) is 18.1 Å². The number of halogens is 1. The largest absolute Gasteiger partial charge is 0.490 e. The molecule has 2 rings (SSSR count). The van der Waals surface area contributed by atoms with Gasteiger partial charge in [0.1, 0.15) is 6.61 Å². The van der Waals surface area contributed by atoms with Crippen molar-refractivity contribution in [3.8, 4) is 11.5 Å². The van der Waals surface area contributed by atoms with Crippen molar-refractivity contribution in [1.82, 2.24) is 0 Å². The Morgan fingerprint density at radius 3 is 2.62 bits per heavy atom. The fraction of sp³-hybridized carbons (Fsp3) is 0.188. The summed E-state index contributed by atoms with van der Waals surface area (Å²) in [5.74, 6) is 1.35. The third-order valence-electron chi connectivity index (χ3n) is 2.76. The Hall–Kier alpha value is -1.76. The molecule has 1 N–H and O–H groups in total. The number of benzene rings is 2. The zero-order valence-corrected chi connectivity index (χ0v) is 13.8. The highest BCUT2D eigenvalue weighted by atomic mass is 127. The van der Waals surface area contributed by atoms with E-state index in [4.69, 9.17) is 14.7 Å². The predicted octanol–water partition coefficient (Wildman–Crippen LogP) is 4.08. The van der Waals surface area contributed by atoms with Gasteiger partial charge in [-0.2, -0.15) is 0 Å². The lowest BCUT2D eigenvalue weighted by Gasteiger charge is -2.14. The van der Waals surface area contributed by atoms with Crippen molar-refractivity contribution in [1.29, 1.82) is 0 Å². The third kappa shape index (κ3) is 4.35. The Labute approximate surface area is 137 Å². The van der Waals surface area contributed by atoms with Crippen LogP contribution >= 0.6 is 22.6 Å². The summed E-state index contributed by atoms with van der Waals surface area (Å²) in [5.41, 5.74) is 1.86. The normalized spacial score (nSPS) is 10.8. The molecule has 4 nitrogen and oxygen atoms in total. The van der Waals surface area contributed by atoms with E-state index in [1.54, 1.807) is 6.07 Å². The lowest BCUT2D eigenvalue weighted by molar-refractivity contribution is 0.267. The molecule has 0 fully saturated rings.